The van der Waals surface area contributed by atoms with Crippen LogP contribution in [0.3, 0.4) is 0 Å². The molecule has 0 spiro atoms. The van der Waals surface area contributed by atoms with E-state index in [1.807, 2.05) is 18.7 Å². The Morgan fingerprint density at radius 3 is 2.54 bits per heavy atom. The van der Waals surface area contributed by atoms with E-state index >= 15 is 0 Å². The van der Waals surface area contributed by atoms with Crippen molar-refractivity contribution in [3.05, 3.63) is 30.1 Å². The van der Waals surface area contributed by atoms with Gasteiger partial charge in [-0.3, -0.25) is 14.5 Å². The van der Waals surface area contributed by atoms with Gasteiger partial charge in [0, 0.05) is 31.9 Å². The van der Waals surface area contributed by atoms with E-state index in [2.05, 4.69) is 5.32 Å². The Labute approximate surface area is 154 Å². The van der Waals surface area contributed by atoms with Gasteiger partial charge in [-0.05, 0) is 38.5 Å². The maximum atomic E-state index is 13.2. The zero-order chi connectivity index (χ0) is 19.3. The quantitative estimate of drug-likeness (QED) is 0.807. The van der Waals surface area contributed by atoms with Gasteiger partial charge >= 0.3 is 0 Å². The number of carbonyl (C=O) groups is 2. The minimum Gasteiger partial charge on any atom is -0.339 e. The lowest BCUT2D eigenvalue weighted by Crippen LogP contribution is -2.60. The first kappa shape index (κ1) is 20.3. The van der Waals surface area contributed by atoms with Crippen molar-refractivity contribution in [3.63, 3.8) is 0 Å². The number of rotatable bonds is 6. The van der Waals surface area contributed by atoms with Crippen LogP contribution in [-0.4, -0.2) is 59.4 Å². The second-order valence-electron chi connectivity index (χ2n) is 7.17. The third-order valence-electron chi connectivity index (χ3n) is 4.88. The molecule has 1 saturated heterocycles. The highest BCUT2D eigenvalue weighted by Gasteiger charge is 2.34. The molecular weight excluding hydrogens is 335 g/mol. The van der Waals surface area contributed by atoms with Crippen LogP contribution < -0.4 is 11.1 Å². The summed E-state index contributed by atoms with van der Waals surface area (Å²) in [5.41, 5.74) is 5.75. The number of benzene rings is 1. The number of piperazine rings is 1. The number of amides is 2. The number of nitrogens with zero attached hydrogens (tertiary/aromatic N) is 2. The van der Waals surface area contributed by atoms with Crippen LogP contribution in [0.2, 0.25) is 0 Å². The predicted octanol–water partition coefficient (Wildman–Crippen LogP) is 1.81. The molecule has 1 heterocycles. The summed E-state index contributed by atoms with van der Waals surface area (Å²) < 4.78 is 13.2. The highest BCUT2D eigenvalue weighted by Crippen LogP contribution is 2.16. The van der Waals surface area contributed by atoms with Crippen LogP contribution in [0.4, 0.5) is 10.1 Å². The summed E-state index contributed by atoms with van der Waals surface area (Å²) in [5, 5.41) is 2.73. The molecule has 0 radical (unpaired) electrons. The van der Waals surface area contributed by atoms with Crippen LogP contribution in [0.15, 0.2) is 24.3 Å². The normalized spacial score (nSPS) is 18.9. The Morgan fingerprint density at radius 2 is 1.96 bits per heavy atom. The van der Waals surface area contributed by atoms with Gasteiger partial charge in [0.15, 0.2) is 0 Å². The second kappa shape index (κ2) is 8.60. The van der Waals surface area contributed by atoms with Gasteiger partial charge in [-0.2, -0.15) is 0 Å². The molecule has 1 aliphatic rings. The van der Waals surface area contributed by atoms with Crippen molar-refractivity contribution in [2.24, 2.45) is 5.73 Å². The minimum atomic E-state index is -0.836. The SMILES string of the molecule is CCCC(C)(N)C(=O)N1CCN(C(C)C(=O)Nc2cccc(F)c2)CC1. The Bertz CT molecular complexity index is 642. The molecule has 2 unspecified atom stereocenters. The molecule has 0 saturated carbocycles. The van der Waals surface area contributed by atoms with Crippen LogP contribution in [0.25, 0.3) is 0 Å². The first-order valence-corrected chi connectivity index (χ1v) is 9.13. The van der Waals surface area contributed by atoms with Crippen molar-refractivity contribution in [2.75, 3.05) is 31.5 Å². The first-order valence-electron chi connectivity index (χ1n) is 9.13. The summed E-state index contributed by atoms with van der Waals surface area (Å²) in [6, 6.07) is 5.46. The number of carbonyl (C=O) groups excluding carboxylic acids is 2. The average molecular weight is 364 g/mol. The van der Waals surface area contributed by atoms with Gasteiger partial charge in [0.2, 0.25) is 11.8 Å². The zero-order valence-electron chi connectivity index (χ0n) is 15.8. The molecule has 7 heteroatoms. The lowest BCUT2D eigenvalue weighted by molar-refractivity contribution is -0.139. The van der Waals surface area contributed by atoms with Gasteiger partial charge in [-0.1, -0.05) is 19.4 Å². The second-order valence-corrected chi connectivity index (χ2v) is 7.17. The Hall–Kier alpha value is -1.99. The highest BCUT2D eigenvalue weighted by molar-refractivity contribution is 5.94. The van der Waals surface area contributed by atoms with Crippen LogP contribution in [0.5, 0.6) is 0 Å². The molecule has 6 nitrogen and oxygen atoms in total. The molecule has 0 aromatic heterocycles. The summed E-state index contributed by atoms with van der Waals surface area (Å²) in [6.07, 6.45) is 1.51. The van der Waals surface area contributed by atoms with E-state index in [9.17, 15) is 14.0 Å². The molecule has 2 atom stereocenters. The van der Waals surface area contributed by atoms with E-state index in [1.54, 1.807) is 24.0 Å². The third-order valence-corrected chi connectivity index (χ3v) is 4.88. The Morgan fingerprint density at radius 1 is 1.31 bits per heavy atom. The van der Waals surface area contributed by atoms with Crippen LogP contribution in [-0.2, 0) is 9.59 Å². The molecular formula is C19H29FN4O2. The van der Waals surface area contributed by atoms with E-state index < -0.39 is 5.54 Å². The molecule has 2 amide bonds. The number of hydrogen-bond donors (Lipinski definition) is 2. The summed E-state index contributed by atoms with van der Waals surface area (Å²) in [6.45, 7) is 7.91. The van der Waals surface area contributed by atoms with Gasteiger partial charge in [-0.25, -0.2) is 4.39 Å². The van der Waals surface area contributed by atoms with E-state index in [0.29, 0.717) is 38.3 Å². The van der Waals surface area contributed by atoms with Gasteiger partial charge in [-0.15, -0.1) is 0 Å². The summed E-state index contributed by atoms with van der Waals surface area (Å²) in [4.78, 5) is 28.8. The number of hydrogen-bond acceptors (Lipinski definition) is 4. The van der Waals surface area contributed by atoms with Crippen LogP contribution in [0.1, 0.15) is 33.6 Å². The molecule has 2 rings (SSSR count). The number of anilines is 1. The fourth-order valence-electron chi connectivity index (χ4n) is 3.28. The van der Waals surface area contributed by atoms with Crippen LogP contribution >= 0.6 is 0 Å². The monoisotopic (exact) mass is 364 g/mol. The van der Waals surface area contributed by atoms with Crippen molar-refractivity contribution in [3.8, 4) is 0 Å². The fraction of sp³-hybridized carbons (Fsp3) is 0.579. The average Bonchev–Trinajstić information content (AvgIpc) is 2.60. The molecule has 1 fully saturated rings. The smallest absolute Gasteiger partial charge is 0.242 e. The molecule has 3 N–H and O–H groups in total. The van der Waals surface area contributed by atoms with Crippen molar-refractivity contribution >= 4 is 17.5 Å². The van der Waals surface area contributed by atoms with Gasteiger partial charge in [0.1, 0.15) is 5.82 Å². The van der Waals surface area contributed by atoms with E-state index in [4.69, 9.17) is 5.73 Å². The number of halogens is 1. The van der Waals surface area contributed by atoms with Crippen LogP contribution in [0, 0.1) is 5.82 Å². The largest absolute Gasteiger partial charge is 0.339 e. The van der Waals surface area contributed by atoms with Crippen molar-refractivity contribution in [1.29, 1.82) is 0 Å². The molecule has 0 bridgehead atoms. The molecule has 0 aliphatic carbocycles. The summed E-state index contributed by atoms with van der Waals surface area (Å²) in [7, 11) is 0. The number of nitrogens with two attached hydrogens (primary N) is 1. The lowest BCUT2D eigenvalue weighted by Gasteiger charge is -2.40. The van der Waals surface area contributed by atoms with Crippen molar-refractivity contribution in [2.45, 2.75) is 45.2 Å². The maximum absolute atomic E-state index is 13.2. The van der Waals surface area contributed by atoms with Gasteiger partial charge in [0.25, 0.3) is 0 Å². The standard InChI is InChI=1S/C19H29FN4O2/c1-4-8-19(3,21)18(26)24-11-9-23(10-12-24)14(2)17(25)22-16-7-5-6-15(20)13-16/h5-7,13-14H,4,8-12,21H2,1-3H3,(H,22,25). The Kier molecular flexibility index (Phi) is 6.72. The lowest BCUT2D eigenvalue weighted by atomic mass is 9.95. The van der Waals surface area contributed by atoms with E-state index in [1.165, 1.54) is 12.1 Å². The predicted molar refractivity (Wildman–Crippen MR) is 100 cm³/mol. The van der Waals surface area contributed by atoms with E-state index in [-0.39, 0.29) is 23.7 Å². The fourth-order valence-corrected chi connectivity index (χ4v) is 3.28. The van der Waals surface area contributed by atoms with Gasteiger partial charge < -0.3 is 16.0 Å². The summed E-state index contributed by atoms with van der Waals surface area (Å²) in [5.74, 6) is -0.611. The summed E-state index contributed by atoms with van der Waals surface area (Å²) >= 11 is 0. The van der Waals surface area contributed by atoms with E-state index in [0.717, 1.165) is 6.42 Å². The highest BCUT2D eigenvalue weighted by atomic mass is 19.1. The molecule has 1 aromatic rings. The first-order chi connectivity index (χ1) is 12.2. The topological polar surface area (TPSA) is 78.7 Å². The molecule has 1 aromatic carbocycles. The number of nitrogens with one attached hydrogen (secondary N) is 1. The Balaban J connectivity index is 1.88. The molecule has 1 aliphatic heterocycles. The zero-order valence-corrected chi connectivity index (χ0v) is 15.8. The minimum absolute atomic E-state index is 0.0316. The maximum Gasteiger partial charge on any atom is 0.242 e. The third kappa shape index (κ3) is 5.02. The van der Waals surface area contributed by atoms with Crippen molar-refractivity contribution in [1.82, 2.24) is 9.80 Å². The molecule has 144 valence electrons. The van der Waals surface area contributed by atoms with Gasteiger partial charge in [0.05, 0.1) is 11.6 Å². The van der Waals surface area contributed by atoms with Crippen molar-refractivity contribution < 1.29 is 14.0 Å². The molecule has 26 heavy (non-hydrogen) atoms.